The molecule has 0 bridgehead atoms. The quantitative estimate of drug-likeness (QED) is 0.171. The molecule has 0 spiro atoms. The molecule has 0 saturated heterocycles. The molecule has 2 heterocycles. The molecule has 1 saturated carbocycles. The van der Waals surface area contributed by atoms with Crippen LogP contribution in [-0.4, -0.2) is 23.4 Å². The Bertz CT molecular complexity index is 780. The van der Waals surface area contributed by atoms with Crippen LogP contribution in [0.25, 0.3) is 0 Å². The fraction of sp³-hybridized carbons (Fsp3) is 0.400. The van der Waals surface area contributed by atoms with Crippen LogP contribution in [0.3, 0.4) is 0 Å². The SMILES string of the molecule is O=C(NC1CCCC1)c1ccc[n+](CCC[n+]2cccc(/C=N/O)c2)c1.[Br-].[Br-]. The fourth-order valence-corrected chi connectivity index (χ4v) is 3.39. The van der Waals surface area contributed by atoms with E-state index in [2.05, 4.69) is 19.6 Å². The monoisotopic (exact) mass is 512 g/mol. The Kier molecular flexibility index (Phi) is 10.9. The van der Waals surface area contributed by atoms with Gasteiger partial charge in [0.2, 0.25) is 0 Å². The van der Waals surface area contributed by atoms with E-state index in [1.807, 2.05) is 49.1 Å². The summed E-state index contributed by atoms with van der Waals surface area (Å²) in [5.41, 5.74) is 1.57. The maximum atomic E-state index is 12.4. The lowest BCUT2D eigenvalue weighted by Crippen LogP contribution is -3.00. The van der Waals surface area contributed by atoms with Gasteiger partial charge in [-0.2, -0.15) is 0 Å². The molecule has 2 aromatic rings. The van der Waals surface area contributed by atoms with Crippen LogP contribution < -0.4 is 48.4 Å². The van der Waals surface area contributed by atoms with Gasteiger partial charge in [0, 0.05) is 18.2 Å². The zero-order chi connectivity index (χ0) is 18.2. The minimum absolute atomic E-state index is 0. The van der Waals surface area contributed by atoms with Crippen LogP contribution in [0.2, 0.25) is 0 Å². The van der Waals surface area contributed by atoms with E-state index in [1.54, 1.807) is 0 Å². The fourth-order valence-electron chi connectivity index (χ4n) is 3.39. The van der Waals surface area contributed by atoms with Crippen molar-refractivity contribution in [3.8, 4) is 0 Å². The van der Waals surface area contributed by atoms with Crippen molar-refractivity contribution >= 4 is 12.1 Å². The number of nitrogens with zero attached hydrogens (tertiary/aromatic N) is 3. The first-order chi connectivity index (χ1) is 12.7. The molecule has 28 heavy (non-hydrogen) atoms. The van der Waals surface area contributed by atoms with E-state index < -0.39 is 0 Å². The Labute approximate surface area is 186 Å². The van der Waals surface area contributed by atoms with Crippen LogP contribution in [0.4, 0.5) is 0 Å². The van der Waals surface area contributed by atoms with Gasteiger partial charge in [0.1, 0.15) is 5.56 Å². The molecule has 0 radical (unpaired) electrons. The lowest BCUT2D eigenvalue weighted by atomic mass is 10.2. The minimum atomic E-state index is 0. The first kappa shape index (κ1) is 24.2. The van der Waals surface area contributed by atoms with E-state index >= 15 is 0 Å². The van der Waals surface area contributed by atoms with E-state index in [1.165, 1.54) is 19.1 Å². The third kappa shape index (κ3) is 7.31. The Morgan fingerprint density at radius 1 is 1.11 bits per heavy atom. The van der Waals surface area contributed by atoms with E-state index in [0.717, 1.165) is 37.9 Å². The first-order valence-electron chi connectivity index (χ1n) is 9.21. The summed E-state index contributed by atoms with van der Waals surface area (Å²) >= 11 is 0. The van der Waals surface area contributed by atoms with Crippen LogP contribution in [0.1, 0.15) is 48.0 Å². The number of halogens is 2. The molecule has 152 valence electrons. The van der Waals surface area contributed by atoms with Crippen molar-refractivity contribution in [1.29, 1.82) is 0 Å². The van der Waals surface area contributed by atoms with Gasteiger partial charge in [-0.05, 0) is 25.0 Å². The summed E-state index contributed by atoms with van der Waals surface area (Å²) in [7, 11) is 0. The van der Waals surface area contributed by atoms with Crippen LogP contribution in [-0.2, 0) is 13.1 Å². The number of amides is 1. The van der Waals surface area contributed by atoms with E-state index in [0.29, 0.717) is 11.6 Å². The Morgan fingerprint density at radius 3 is 2.43 bits per heavy atom. The van der Waals surface area contributed by atoms with Crippen LogP contribution in [0.5, 0.6) is 0 Å². The zero-order valence-electron chi connectivity index (χ0n) is 15.7. The lowest BCUT2D eigenvalue weighted by molar-refractivity contribution is -0.727. The van der Waals surface area contributed by atoms with Crippen molar-refractivity contribution in [2.45, 2.75) is 51.2 Å². The smallest absolute Gasteiger partial charge is 0.257 e. The molecule has 3 rings (SSSR count). The van der Waals surface area contributed by atoms with Gasteiger partial charge in [-0.25, -0.2) is 9.13 Å². The highest BCUT2D eigenvalue weighted by molar-refractivity contribution is 5.93. The average molecular weight is 514 g/mol. The largest absolute Gasteiger partial charge is 1.00 e. The van der Waals surface area contributed by atoms with E-state index in [4.69, 9.17) is 5.21 Å². The molecule has 1 fully saturated rings. The highest BCUT2D eigenvalue weighted by Gasteiger charge is 2.19. The van der Waals surface area contributed by atoms with Gasteiger partial charge < -0.3 is 44.5 Å². The normalized spacial score (nSPS) is 13.7. The third-order valence-electron chi connectivity index (χ3n) is 4.73. The third-order valence-corrected chi connectivity index (χ3v) is 4.73. The number of aryl methyl sites for hydroxylation is 2. The van der Waals surface area contributed by atoms with Gasteiger partial charge in [-0.3, -0.25) is 4.79 Å². The van der Waals surface area contributed by atoms with Crippen molar-refractivity contribution in [2.24, 2.45) is 5.16 Å². The number of aromatic nitrogens is 2. The second kappa shape index (κ2) is 12.6. The van der Waals surface area contributed by atoms with Crippen LogP contribution >= 0.6 is 0 Å². The maximum Gasteiger partial charge on any atom is 0.257 e. The minimum Gasteiger partial charge on any atom is -1.00 e. The molecule has 0 atom stereocenters. The zero-order valence-corrected chi connectivity index (χ0v) is 18.8. The summed E-state index contributed by atoms with van der Waals surface area (Å²) < 4.78 is 4.12. The molecule has 0 unspecified atom stereocenters. The average Bonchev–Trinajstić information content (AvgIpc) is 3.16. The highest BCUT2D eigenvalue weighted by Crippen LogP contribution is 2.17. The van der Waals surface area contributed by atoms with Crippen molar-refractivity contribution in [3.63, 3.8) is 0 Å². The molecule has 1 amide bonds. The molecule has 1 aliphatic rings. The second-order valence-electron chi connectivity index (χ2n) is 6.76. The summed E-state index contributed by atoms with van der Waals surface area (Å²) in [6.45, 7) is 1.68. The predicted molar refractivity (Wildman–Crippen MR) is 97.0 cm³/mol. The number of rotatable bonds is 7. The van der Waals surface area contributed by atoms with Crippen molar-refractivity contribution < 1.29 is 53.1 Å². The topological polar surface area (TPSA) is 69.5 Å². The number of carbonyl (C=O) groups excluding carboxylic acids is 1. The van der Waals surface area contributed by atoms with Gasteiger partial charge in [0.05, 0.1) is 18.2 Å². The van der Waals surface area contributed by atoms with E-state index in [9.17, 15) is 4.79 Å². The number of oxime groups is 1. The predicted octanol–water partition coefficient (Wildman–Crippen LogP) is -4.16. The van der Waals surface area contributed by atoms with Crippen molar-refractivity contribution in [1.82, 2.24) is 5.32 Å². The second-order valence-corrected chi connectivity index (χ2v) is 6.76. The van der Waals surface area contributed by atoms with Crippen LogP contribution in [0, 0.1) is 0 Å². The molecule has 6 nitrogen and oxygen atoms in total. The molecule has 0 aromatic carbocycles. The van der Waals surface area contributed by atoms with Gasteiger partial charge in [-0.15, -0.1) is 0 Å². The number of pyridine rings is 2. The number of hydrogen-bond acceptors (Lipinski definition) is 3. The summed E-state index contributed by atoms with van der Waals surface area (Å²) in [5, 5.41) is 14.8. The molecule has 2 N–H and O–H groups in total. The van der Waals surface area contributed by atoms with Crippen molar-refractivity contribution in [2.75, 3.05) is 0 Å². The highest BCUT2D eigenvalue weighted by atomic mass is 79.9. The first-order valence-corrected chi connectivity index (χ1v) is 9.21. The summed E-state index contributed by atoms with van der Waals surface area (Å²) in [6.07, 6.45) is 14.8. The van der Waals surface area contributed by atoms with Crippen molar-refractivity contribution in [3.05, 3.63) is 60.2 Å². The van der Waals surface area contributed by atoms with Gasteiger partial charge in [-0.1, -0.05) is 18.0 Å². The Hall–Kier alpha value is -1.80. The number of carbonyl (C=O) groups is 1. The molecular formula is C20H26Br2N4O2. The Balaban J connectivity index is 0.00000196. The summed E-state index contributed by atoms with van der Waals surface area (Å²) in [6, 6.07) is 7.94. The van der Waals surface area contributed by atoms with Gasteiger partial charge in [0.25, 0.3) is 5.91 Å². The van der Waals surface area contributed by atoms with Gasteiger partial charge in [0.15, 0.2) is 37.9 Å². The van der Waals surface area contributed by atoms with Crippen LogP contribution in [0.15, 0.2) is 54.2 Å². The lowest BCUT2D eigenvalue weighted by Gasteiger charge is -2.11. The number of hydrogen-bond donors (Lipinski definition) is 2. The van der Waals surface area contributed by atoms with Gasteiger partial charge >= 0.3 is 0 Å². The number of nitrogens with one attached hydrogen (secondary N) is 1. The summed E-state index contributed by atoms with van der Waals surface area (Å²) in [4.78, 5) is 12.4. The molecule has 8 heteroatoms. The standard InChI is InChI=1S/C20H24N4O2.2BrH/c25-20(22-19-8-1-2-9-19)18-7-4-11-24(16-18)13-5-12-23-10-3-6-17(15-23)14-21-26;;/h3-4,6-7,10-11,14-16,19H,1-2,5,8-9,12-13H2;2*1H/b21-14+;;. The molecule has 2 aromatic heterocycles. The molecule has 0 aliphatic heterocycles. The maximum absolute atomic E-state index is 12.4. The van der Waals surface area contributed by atoms with E-state index in [-0.39, 0.29) is 39.9 Å². The Morgan fingerprint density at radius 2 is 1.75 bits per heavy atom. The summed E-state index contributed by atoms with van der Waals surface area (Å²) in [5.74, 6) is 0.0246. The molecular weight excluding hydrogens is 488 g/mol. The molecule has 1 aliphatic carbocycles.